The van der Waals surface area contributed by atoms with Crippen molar-refractivity contribution in [2.24, 2.45) is 5.92 Å². The van der Waals surface area contributed by atoms with E-state index < -0.39 is 0 Å². The average Bonchev–Trinajstić information content (AvgIpc) is 2.69. The monoisotopic (exact) mass is 300 g/mol. The molecule has 1 aromatic heterocycles. The van der Waals surface area contributed by atoms with Gasteiger partial charge in [0.25, 0.3) is 0 Å². The molecule has 16 heavy (non-hydrogen) atoms. The smallest absolute Gasteiger partial charge is 0.0214 e. The molecular weight excluding hydrogens is 280 g/mol. The first-order valence-electron chi connectivity index (χ1n) is 6.51. The molecule has 1 aliphatic carbocycles. The fourth-order valence-corrected chi connectivity index (χ4v) is 4.23. The lowest BCUT2D eigenvalue weighted by molar-refractivity contribution is 0.370. The van der Waals surface area contributed by atoms with Crippen LogP contribution in [0.25, 0.3) is 0 Å². The topological polar surface area (TPSA) is 0 Å². The molecule has 90 valence electrons. The van der Waals surface area contributed by atoms with Crippen molar-refractivity contribution in [3.8, 4) is 0 Å². The van der Waals surface area contributed by atoms with Gasteiger partial charge in [0, 0.05) is 4.83 Å². The van der Waals surface area contributed by atoms with Crippen LogP contribution in [0, 0.1) is 5.92 Å². The van der Waals surface area contributed by atoms with Crippen LogP contribution < -0.4 is 0 Å². The molecular formula is C14H21BrS. The summed E-state index contributed by atoms with van der Waals surface area (Å²) in [5, 5.41) is 4.48. The van der Waals surface area contributed by atoms with E-state index in [1.165, 1.54) is 56.9 Å². The summed E-state index contributed by atoms with van der Waals surface area (Å²) in [6.45, 7) is 0. The Kier molecular flexibility index (Phi) is 5.37. The molecule has 0 saturated heterocycles. The van der Waals surface area contributed by atoms with Gasteiger partial charge in [-0.25, -0.2) is 0 Å². The SMILES string of the molecule is BrC(Cc1ccsc1)C1CCCCCCC1. The summed E-state index contributed by atoms with van der Waals surface area (Å²) in [6.07, 6.45) is 11.3. The molecule has 1 atom stereocenters. The Morgan fingerprint density at radius 2 is 1.88 bits per heavy atom. The zero-order valence-corrected chi connectivity index (χ0v) is 12.2. The third kappa shape index (κ3) is 3.89. The summed E-state index contributed by atoms with van der Waals surface area (Å²) in [4.78, 5) is 0.695. The van der Waals surface area contributed by atoms with E-state index in [1.807, 2.05) is 11.3 Å². The first-order chi connectivity index (χ1) is 7.86. The molecule has 1 fully saturated rings. The van der Waals surface area contributed by atoms with E-state index in [1.54, 1.807) is 0 Å². The number of hydrogen-bond donors (Lipinski definition) is 0. The van der Waals surface area contributed by atoms with Crippen molar-refractivity contribution in [1.29, 1.82) is 0 Å². The first-order valence-corrected chi connectivity index (χ1v) is 8.37. The normalized spacial score (nSPS) is 21.3. The Bertz CT molecular complexity index is 273. The molecule has 0 aliphatic heterocycles. The molecule has 1 aliphatic rings. The average molecular weight is 301 g/mol. The van der Waals surface area contributed by atoms with E-state index in [2.05, 4.69) is 32.8 Å². The third-order valence-electron chi connectivity index (χ3n) is 3.67. The lowest BCUT2D eigenvalue weighted by atomic mass is 9.87. The number of halogens is 1. The molecule has 1 saturated carbocycles. The van der Waals surface area contributed by atoms with Gasteiger partial charge >= 0.3 is 0 Å². The fourth-order valence-electron chi connectivity index (χ4n) is 2.65. The summed E-state index contributed by atoms with van der Waals surface area (Å²) in [6, 6.07) is 2.27. The number of alkyl halides is 1. The van der Waals surface area contributed by atoms with Crippen LogP contribution >= 0.6 is 27.3 Å². The Morgan fingerprint density at radius 3 is 2.50 bits per heavy atom. The molecule has 0 radical (unpaired) electrons. The van der Waals surface area contributed by atoms with Crippen LogP contribution in [0.15, 0.2) is 16.8 Å². The van der Waals surface area contributed by atoms with Gasteiger partial charge < -0.3 is 0 Å². The van der Waals surface area contributed by atoms with Crippen LogP contribution in [0.2, 0.25) is 0 Å². The minimum absolute atomic E-state index is 0.695. The maximum atomic E-state index is 3.93. The standard InChI is InChI=1S/C14H21BrS/c15-14(10-12-8-9-16-11-12)13-6-4-2-1-3-5-7-13/h8-9,11,13-14H,1-7,10H2. The molecule has 2 heteroatoms. The van der Waals surface area contributed by atoms with Crippen LogP contribution in [0.5, 0.6) is 0 Å². The van der Waals surface area contributed by atoms with Crippen molar-refractivity contribution < 1.29 is 0 Å². The quantitative estimate of drug-likeness (QED) is 0.654. The summed E-state index contributed by atoms with van der Waals surface area (Å²) >= 11 is 5.74. The zero-order valence-electron chi connectivity index (χ0n) is 9.83. The first kappa shape index (κ1) is 12.6. The highest BCUT2D eigenvalue weighted by Crippen LogP contribution is 2.30. The molecule has 1 heterocycles. The molecule has 0 nitrogen and oxygen atoms in total. The van der Waals surface area contributed by atoms with E-state index in [4.69, 9.17) is 0 Å². The molecule has 1 unspecified atom stereocenters. The van der Waals surface area contributed by atoms with E-state index in [9.17, 15) is 0 Å². The summed E-state index contributed by atoms with van der Waals surface area (Å²) in [5.74, 6) is 0.903. The van der Waals surface area contributed by atoms with Crippen LogP contribution in [-0.4, -0.2) is 4.83 Å². The highest BCUT2D eigenvalue weighted by Gasteiger charge is 2.19. The Morgan fingerprint density at radius 1 is 1.19 bits per heavy atom. The van der Waals surface area contributed by atoms with Crippen LogP contribution in [0.1, 0.15) is 50.5 Å². The van der Waals surface area contributed by atoms with Crippen molar-refractivity contribution in [1.82, 2.24) is 0 Å². The van der Waals surface area contributed by atoms with E-state index in [-0.39, 0.29) is 0 Å². The second-order valence-corrected chi connectivity index (χ2v) is 6.91. The van der Waals surface area contributed by atoms with Gasteiger partial charge in [-0.1, -0.05) is 48.0 Å². The van der Waals surface area contributed by atoms with Gasteiger partial charge in [0.2, 0.25) is 0 Å². The van der Waals surface area contributed by atoms with Crippen LogP contribution in [0.4, 0.5) is 0 Å². The minimum Gasteiger partial charge on any atom is -0.152 e. The Balaban J connectivity index is 1.84. The van der Waals surface area contributed by atoms with Gasteiger partial charge in [-0.3, -0.25) is 0 Å². The minimum atomic E-state index is 0.695. The lowest BCUT2D eigenvalue weighted by Crippen LogP contribution is -2.18. The second-order valence-electron chi connectivity index (χ2n) is 4.96. The van der Waals surface area contributed by atoms with Crippen molar-refractivity contribution in [3.05, 3.63) is 22.4 Å². The molecule has 2 rings (SSSR count). The summed E-state index contributed by atoms with van der Waals surface area (Å²) < 4.78 is 0. The number of hydrogen-bond acceptors (Lipinski definition) is 1. The predicted octanol–water partition coefficient (Wildman–Crippen LogP) is 5.41. The maximum absolute atomic E-state index is 3.93. The molecule has 0 N–H and O–H groups in total. The Hall–Kier alpha value is 0.180. The van der Waals surface area contributed by atoms with Crippen molar-refractivity contribution in [2.45, 2.75) is 56.2 Å². The van der Waals surface area contributed by atoms with Gasteiger partial charge in [-0.05, 0) is 47.6 Å². The van der Waals surface area contributed by atoms with Crippen molar-refractivity contribution >= 4 is 27.3 Å². The second kappa shape index (κ2) is 6.80. The predicted molar refractivity (Wildman–Crippen MR) is 76.5 cm³/mol. The van der Waals surface area contributed by atoms with Gasteiger partial charge in [-0.15, -0.1) is 0 Å². The molecule has 0 amide bonds. The zero-order chi connectivity index (χ0) is 11.2. The van der Waals surface area contributed by atoms with Gasteiger partial charge in [-0.2, -0.15) is 11.3 Å². The molecule has 0 spiro atoms. The van der Waals surface area contributed by atoms with Gasteiger partial charge in [0.1, 0.15) is 0 Å². The maximum Gasteiger partial charge on any atom is 0.0214 e. The fraction of sp³-hybridized carbons (Fsp3) is 0.714. The number of thiophene rings is 1. The van der Waals surface area contributed by atoms with Gasteiger partial charge in [0.05, 0.1) is 0 Å². The van der Waals surface area contributed by atoms with Gasteiger partial charge in [0.15, 0.2) is 0 Å². The number of rotatable bonds is 3. The highest BCUT2D eigenvalue weighted by atomic mass is 79.9. The highest BCUT2D eigenvalue weighted by molar-refractivity contribution is 9.09. The van der Waals surface area contributed by atoms with E-state index in [0.717, 1.165) is 5.92 Å². The Labute approximate surface area is 112 Å². The van der Waals surface area contributed by atoms with Crippen LogP contribution in [-0.2, 0) is 6.42 Å². The summed E-state index contributed by atoms with van der Waals surface area (Å²) in [5.41, 5.74) is 1.51. The largest absolute Gasteiger partial charge is 0.152 e. The molecule has 1 aromatic rings. The van der Waals surface area contributed by atoms with Crippen LogP contribution in [0.3, 0.4) is 0 Å². The van der Waals surface area contributed by atoms with Crippen molar-refractivity contribution in [3.63, 3.8) is 0 Å². The summed E-state index contributed by atoms with van der Waals surface area (Å²) in [7, 11) is 0. The lowest BCUT2D eigenvalue weighted by Gasteiger charge is -2.24. The third-order valence-corrected chi connectivity index (χ3v) is 5.48. The van der Waals surface area contributed by atoms with Crippen molar-refractivity contribution in [2.75, 3.05) is 0 Å². The molecule has 0 bridgehead atoms. The van der Waals surface area contributed by atoms with E-state index in [0.29, 0.717) is 4.83 Å². The molecule has 0 aromatic carbocycles. The van der Waals surface area contributed by atoms with E-state index >= 15 is 0 Å².